The number of carboxylic acid groups (broad SMARTS) is 1. The fourth-order valence-electron chi connectivity index (χ4n) is 5.83. The fourth-order valence-corrected chi connectivity index (χ4v) is 6.16. The van der Waals surface area contributed by atoms with Crippen LogP contribution in [0.3, 0.4) is 0 Å². The molecular weight excluding hydrogens is 897 g/mol. The lowest BCUT2D eigenvalue weighted by atomic mass is 10.0. The topological polar surface area (TPSA) is 269 Å². The van der Waals surface area contributed by atoms with E-state index in [-0.39, 0.29) is 82.8 Å². The van der Waals surface area contributed by atoms with Gasteiger partial charge in [-0.15, -0.1) is 0 Å². The molecule has 20 heteroatoms. The Labute approximate surface area is 370 Å². The molecule has 0 aliphatic rings. The Morgan fingerprint density at radius 2 is 0.867 bits per heavy atom. The molecule has 0 aliphatic heterocycles. The number of hydrogen-bond donors (Lipinski definition) is 8. The molecule has 0 spiro atoms. The first-order chi connectivity index (χ1) is 29.1. The van der Waals surface area contributed by atoms with Crippen molar-refractivity contribution in [2.24, 2.45) is 5.84 Å². The molecule has 0 aliphatic carbocycles. The molecule has 0 saturated carbocycles. The zero-order valence-electron chi connectivity index (χ0n) is 35.8. The lowest BCUT2D eigenvalue weighted by molar-refractivity contribution is -0.137. The predicted octanol–water partition coefficient (Wildman–Crippen LogP) is 3.19. The SMILES string of the molecule is NN(I)C(=O)[C@H](CCCCNC(=O)COCCOCCNC(=O)COCCOCCNC(=O)CCCNC(=O)CCCCCCCCCCCCCCCCC(=O)O)NO. The van der Waals surface area contributed by atoms with Gasteiger partial charge in [-0.2, -0.15) is 5.48 Å². The number of rotatable bonds is 44. The van der Waals surface area contributed by atoms with Crippen molar-refractivity contribution in [3.05, 3.63) is 0 Å². The molecule has 0 aromatic rings. The van der Waals surface area contributed by atoms with E-state index in [9.17, 15) is 28.8 Å². The summed E-state index contributed by atoms with van der Waals surface area (Å²) in [5.74, 6) is 3.57. The summed E-state index contributed by atoms with van der Waals surface area (Å²) < 4.78 is 22.2. The van der Waals surface area contributed by atoms with Crippen LogP contribution < -0.4 is 32.6 Å². The average Bonchev–Trinajstić information content (AvgIpc) is 3.22. The first-order valence-corrected chi connectivity index (χ1v) is 22.8. The van der Waals surface area contributed by atoms with E-state index < -0.39 is 17.9 Å². The van der Waals surface area contributed by atoms with E-state index >= 15 is 0 Å². The van der Waals surface area contributed by atoms with Crippen molar-refractivity contribution in [2.75, 3.05) is 79.0 Å². The number of halogens is 1. The number of hydroxylamine groups is 1. The molecule has 9 N–H and O–H groups in total. The molecule has 0 rings (SSSR count). The van der Waals surface area contributed by atoms with Gasteiger partial charge in [-0.3, -0.25) is 28.8 Å². The van der Waals surface area contributed by atoms with E-state index in [4.69, 9.17) is 35.1 Å². The highest BCUT2D eigenvalue weighted by atomic mass is 127. The Morgan fingerprint density at radius 1 is 0.483 bits per heavy atom. The number of hydrogen-bond acceptors (Lipinski definition) is 13. The lowest BCUT2D eigenvalue weighted by Crippen LogP contribution is -2.44. The van der Waals surface area contributed by atoms with Gasteiger partial charge in [0.15, 0.2) is 0 Å². The molecule has 0 bridgehead atoms. The zero-order chi connectivity index (χ0) is 44.3. The molecule has 19 nitrogen and oxygen atoms in total. The minimum absolute atomic E-state index is 0.0323. The molecule has 5 amide bonds. The van der Waals surface area contributed by atoms with Gasteiger partial charge in [0.05, 0.1) is 62.5 Å². The van der Waals surface area contributed by atoms with E-state index in [1.165, 1.54) is 51.4 Å². The van der Waals surface area contributed by atoms with E-state index in [0.29, 0.717) is 64.8 Å². The van der Waals surface area contributed by atoms with E-state index in [1.54, 1.807) is 22.9 Å². The second-order valence-corrected chi connectivity index (χ2v) is 15.5. The Kier molecular flexibility index (Phi) is 41.0. The highest BCUT2D eigenvalue weighted by Gasteiger charge is 2.20. The number of nitrogens with two attached hydrogens (primary N) is 1. The van der Waals surface area contributed by atoms with Gasteiger partial charge in [0, 0.05) is 45.4 Å². The molecule has 0 saturated heterocycles. The third kappa shape index (κ3) is 40.7. The Hall–Kier alpha value is -2.73. The third-order valence-electron chi connectivity index (χ3n) is 9.20. The van der Waals surface area contributed by atoms with Crippen LogP contribution in [0.2, 0.25) is 0 Å². The lowest BCUT2D eigenvalue weighted by Gasteiger charge is -2.16. The summed E-state index contributed by atoms with van der Waals surface area (Å²) in [7, 11) is 0. The van der Waals surface area contributed by atoms with Gasteiger partial charge in [0.25, 0.3) is 5.91 Å². The summed E-state index contributed by atoms with van der Waals surface area (Å²) in [6.45, 7) is 2.80. The number of carbonyl (C=O) groups excluding carboxylic acids is 5. The first-order valence-electron chi connectivity index (χ1n) is 21.8. The smallest absolute Gasteiger partial charge is 0.303 e. The van der Waals surface area contributed by atoms with Gasteiger partial charge in [-0.05, 0) is 38.5 Å². The van der Waals surface area contributed by atoms with E-state index in [1.807, 2.05) is 5.48 Å². The minimum atomic E-state index is -0.800. The van der Waals surface area contributed by atoms with Crippen LogP contribution in [0.15, 0.2) is 0 Å². The Bertz CT molecular complexity index is 1130. The maximum absolute atomic E-state index is 12.1. The first kappa shape index (κ1) is 57.3. The Balaban J connectivity index is 3.43. The maximum atomic E-state index is 12.1. The summed E-state index contributed by atoms with van der Waals surface area (Å²) in [4.78, 5) is 70.0. The van der Waals surface area contributed by atoms with Crippen LogP contribution in [0.25, 0.3) is 0 Å². The summed E-state index contributed by atoms with van der Waals surface area (Å²) in [5.41, 5.74) is 1.93. The third-order valence-corrected chi connectivity index (χ3v) is 9.68. The summed E-state index contributed by atoms with van der Waals surface area (Å²) in [5, 5.41) is 28.8. The van der Waals surface area contributed by atoms with Crippen LogP contribution in [0.1, 0.15) is 135 Å². The number of unbranched alkanes of at least 4 members (excludes halogenated alkanes) is 14. The van der Waals surface area contributed by atoms with Crippen LogP contribution in [0.4, 0.5) is 0 Å². The number of hydrazine groups is 1. The molecule has 0 fully saturated rings. The molecule has 0 radical (unpaired) electrons. The van der Waals surface area contributed by atoms with Crippen molar-refractivity contribution in [1.29, 1.82) is 0 Å². The largest absolute Gasteiger partial charge is 0.481 e. The van der Waals surface area contributed by atoms with Crippen LogP contribution in [0.5, 0.6) is 0 Å². The van der Waals surface area contributed by atoms with Gasteiger partial charge in [-0.1, -0.05) is 77.0 Å². The Morgan fingerprint density at radius 3 is 1.33 bits per heavy atom. The van der Waals surface area contributed by atoms with E-state index in [0.717, 1.165) is 41.7 Å². The van der Waals surface area contributed by atoms with Crippen molar-refractivity contribution in [3.63, 3.8) is 0 Å². The number of nitrogens with zero attached hydrogens (tertiary/aromatic N) is 1. The van der Waals surface area contributed by atoms with Crippen molar-refractivity contribution in [2.45, 2.75) is 141 Å². The molecular formula is C40H76IN7O12. The number of ether oxygens (including phenoxy) is 4. The van der Waals surface area contributed by atoms with Gasteiger partial charge < -0.3 is 50.5 Å². The van der Waals surface area contributed by atoms with Crippen LogP contribution in [-0.2, 0) is 47.7 Å². The fraction of sp³-hybridized carbons (Fsp3) is 0.850. The summed E-state index contributed by atoms with van der Waals surface area (Å²) in [6, 6.07) is -0.800. The molecule has 0 heterocycles. The molecule has 0 aromatic carbocycles. The van der Waals surface area contributed by atoms with Crippen LogP contribution >= 0.6 is 22.9 Å². The highest BCUT2D eigenvalue weighted by molar-refractivity contribution is 14.1. The van der Waals surface area contributed by atoms with Gasteiger partial charge in [0.1, 0.15) is 19.3 Å². The summed E-state index contributed by atoms with van der Waals surface area (Å²) >= 11 is 1.62. The number of carbonyl (C=O) groups is 6. The minimum Gasteiger partial charge on any atom is -0.481 e. The molecule has 0 aromatic heterocycles. The molecule has 60 heavy (non-hydrogen) atoms. The standard InChI is InChI=1S/C40H76IN7O12/c41-48(42)40(55)34(47-56)18-15-16-22-44-37(51)32-59-30-29-58-27-25-46-38(52)33-60-31-28-57-26-24-45-36(50)20-17-23-43-35(49)19-13-11-9-7-5-3-1-2-4-6-8-10-12-14-21-39(53)54/h34,47,56H,1-33,42H2,(H,43,49)(H,44,51)(H,45,50)(H,46,52)(H,53,54)/t34-/m0/s1. The summed E-state index contributed by atoms with van der Waals surface area (Å²) in [6.07, 6.45) is 19.3. The van der Waals surface area contributed by atoms with Crippen LogP contribution in [-0.4, -0.2) is 134 Å². The molecule has 0 unspecified atom stereocenters. The van der Waals surface area contributed by atoms with Crippen molar-refractivity contribution < 1.29 is 58.0 Å². The highest BCUT2D eigenvalue weighted by Crippen LogP contribution is 2.14. The molecule has 1 atom stereocenters. The number of aliphatic carboxylic acids is 1. The van der Waals surface area contributed by atoms with Crippen molar-refractivity contribution in [1.82, 2.24) is 30.0 Å². The van der Waals surface area contributed by atoms with Crippen molar-refractivity contribution in [3.8, 4) is 0 Å². The number of carboxylic acids is 1. The van der Waals surface area contributed by atoms with Gasteiger partial charge in [0.2, 0.25) is 23.6 Å². The number of amides is 5. The number of nitrogens with one attached hydrogen (secondary N) is 5. The second-order valence-electron chi connectivity index (χ2n) is 14.5. The second kappa shape index (κ2) is 42.9. The average molecular weight is 974 g/mol. The predicted molar refractivity (Wildman–Crippen MR) is 234 cm³/mol. The monoisotopic (exact) mass is 973 g/mol. The maximum Gasteiger partial charge on any atom is 0.303 e. The van der Waals surface area contributed by atoms with Crippen LogP contribution in [0, 0.1) is 0 Å². The van der Waals surface area contributed by atoms with E-state index in [2.05, 4.69) is 21.3 Å². The van der Waals surface area contributed by atoms with Gasteiger partial charge >= 0.3 is 5.97 Å². The van der Waals surface area contributed by atoms with Gasteiger partial charge in [-0.25, -0.2) is 9.06 Å². The molecule has 350 valence electrons. The normalized spacial score (nSPS) is 11.5. The van der Waals surface area contributed by atoms with Crippen molar-refractivity contribution >= 4 is 58.4 Å². The zero-order valence-corrected chi connectivity index (χ0v) is 37.9. The quantitative estimate of drug-likeness (QED) is 0.0109.